The number of imidazole rings is 1. The first-order chi connectivity index (χ1) is 8.26. The SMILES string of the molecule is COc1ccc(-c2nc[nH]c2CCN)cc1Br. The zero-order valence-electron chi connectivity index (χ0n) is 9.53. The van der Waals surface area contributed by atoms with Crippen molar-refractivity contribution in [2.24, 2.45) is 5.73 Å². The van der Waals surface area contributed by atoms with Crippen LogP contribution in [0.25, 0.3) is 11.3 Å². The molecule has 17 heavy (non-hydrogen) atoms. The summed E-state index contributed by atoms with van der Waals surface area (Å²) in [6.07, 6.45) is 2.48. The zero-order chi connectivity index (χ0) is 12.3. The van der Waals surface area contributed by atoms with Gasteiger partial charge in [-0.2, -0.15) is 0 Å². The van der Waals surface area contributed by atoms with Crippen molar-refractivity contribution < 1.29 is 4.74 Å². The molecule has 0 fully saturated rings. The number of nitrogens with one attached hydrogen (secondary N) is 1. The van der Waals surface area contributed by atoms with E-state index in [-0.39, 0.29) is 0 Å². The van der Waals surface area contributed by atoms with Gasteiger partial charge in [0.1, 0.15) is 5.75 Å². The van der Waals surface area contributed by atoms with Crippen LogP contribution in [0, 0.1) is 0 Å². The minimum absolute atomic E-state index is 0.604. The van der Waals surface area contributed by atoms with Gasteiger partial charge < -0.3 is 15.5 Å². The highest BCUT2D eigenvalue weighted by atomic mass is 79.9. The summed E-state index contributed by atoms with van der Waals surface area (Å²) in [6, 6.07) is 5.90. The van der Waals surface area contributed by atoms with Gasteiger partial charge in [-0.15, -0.1) is 0 Å². The molecule has 0 unspecified atom stereocenters. The van der Waals surface area contributed by atoms with Gasteiger partial charge in [0.15, 0.2) is 0 Å². The second-order valence-electron chi connectivity index (χ2n) is 3.62. The van der Waals surface area contributed by atoms with Gasteiger partial charge in [-0.25, -0.2) is 4.98 Å². The van der Waals surface area contributed by atoms with E-state index in [9.17, 15) is 0 Å². The number of aromatic amines is 1. The minimum Gasteiger partial charge on any atom is -0.496 e. The van der Waals surface area contributed by atoms with Crippen molar-refractivity contribution in [1.29, 1.82) is 0 Å². The van der Waals surface area contributed by atoms with Crippen molar-refractivity contribution in [2.45, 2.75) is 6.42 Å². The Hall–Kier alpha value is -1.33. The third-order valence-electron chi connectivity index (χ3n) is 2.54. The lowest BCUT2D eigenvalue weighted by molar-refractivity contribution is 0.412. The van der Waals surface area contributed by atoms with E-state index in [2.05, 4.69) is 25.9 Å². The minimum atomic E-state index is 0.604. The maximum atomic E-state index is 5.57. The first kappa shape index (κ1) is 12.1. The van der Waals surface area contributed by atoms with Gasteiger partial charge in [-0.3, -0.25) is 0 Å². The van der Waals surface area contributed by atoms with E-state index in [4.69, 9.17) is 10.5 Å². The number of hydrogen-bond acceptors (Lipinski definition) is 3. The van der Waals surface area contributed by atoms with Crippen LogP contribution in [-0.2, 0) is 6.42 Å². The fourth-order valence-corrected chi connectivity index (χ4v) is 2.26. The molecule has 0 amide bonds. The monoisotopic (exact) mass is 295 g/mol. The fourth-order valence-electron chi connectivity index (χ4n) is 1.72. The lowest BCUT2D eigenvalue weighted by Gasteiger charge is -2.06. The van der Waals surface area contributed by atoms with E-state index in [0.29, 0.717) is 6.54 Å². The number of H-pyrrole nitrogens is 1. The topological polar surface area (TPSA) is 63.9 Å². The Balaban J connectivity index is 2.39. The summed E-state index contributed by atoms with van der Waals surface area (Å²) in [7, 11) is 1.65. The molecular weight excluding hydrogens is 282 g/mol. The Labute approximate surface area is 108 Å². The molecule has 0 saturated heterocycles. The number of nitrogens with two attached hydrogens (primary N) is 1. The van der Waals surface area contributed by atoms with E-state index in [0.717, 1.165) is 33.6 Å². The molecule has 2 rings (SSSR count). The van der Waals surface area contributed by atoms with Crippen LogP contribution in [0.4, 0.5) is 0 Å². The largest absolute Gasteiger partial charge is 0.496 e. The summed E-state index contributed by atoms with van der Waals surface area (Å²) in [5, 5.41) is 0. The molecule has 1 aromatic carbocycles. The standard InChI is InChI=1S/C12H14BrN3O/c1-17-11-3-2-8(6-9(11)13)12-10(4-5-14)15-7-16-12/h2-3,6-7H,4-5,14H2,1H3,(H,15,16). The summed E-state index contributed by atoms with van der Waals surface area (Å²) in [6.45, 7) is 0.604. The van der Waals surface area contributed by atoms with Crippen molar-refractivity contribution in [3.05, 3.63) is 34.7 Å². The molecule has 0 aliphatic heterocycles. The molecule has 3 N–H and O–H groups in total. The maximum absolute atomic E-state index is 5.57. The van der Waals surface area contributed by atoms with Crippen LogP contribution in [0.5, 0.6) is 5.75 Å². The number of benzene rings is 1. The molecule has 0 aliphatic rings. The third-order valence-corrected chi connectivity index (χ3v) is 3.16. The van der Waals surface area contributed by atoms with Crippen LogP contribution >= 0.6 is 15.9 Å². The van der Waals surface area contributed by atoms with E-state index in [1.54, 1.807) is 13.4 Å². The van der Waals surface area contributed by atoms with E-state index < -0.39 is 0 Å². The summed E-state index contributed by atoms with van der Waals surface area (Å²) < 4.78 is 6.12. The number of hydrogen-bond donors (Lipinski definition) is 2. The van der Waals surface area contributed by atoms with Gasteiger partial charge in [-0.05, 0) is 40.7 Å². The second kappa shape index (κ2) is 5.33. The molecule has 1 aromatic heterocycles. The first-order valence-corrected chi connectivity index (χ1v) is 6.11. The van der Waals surface area contributed by atoms with Crippen molar-refractivity contribution in [1.82, 2.24) is 9.97 Å². The quantitative estimate of drug-likeness (QED) is 0.910. The van der Waals surface area contributed by atoms with Gasteiger partial charge >= 0.3 is 0 Å². The predicted octanol–water partition coefficient (Wildman–Crippen LogP) is 2.35. The molecule has 0 saturated carbocycles. The average Bonchev–Trinajstić information content (AvgIpc) is 2.78. The molecule has 0 spiro atoms. The molecule has 5 heteroatoms. The van der Waals surface area contributed by atoms with Gasteiger partial charge in [-0.1, -0.05) is 0 Å². The number of rotatable bonds is 4. The van der Waals surface area contributed by atoms with E-state index in [1.165, 1.54) is 0 Å². The van der Waals surface area contributed by atoms with E-state index >= 15 is 0 Å². The van der Waals surface area contributed by atoms with Crippen molar-refractivity contribution in [3.63, 3.8) is 0 Å². The first-order valence-electron chi connectivity index (χ1n) is 5.32. The molecule has 0 radical (unpaired) electrons. The highest BCUT2D eigenvalue weighted by molar-refractivity contribution is 9.10. The normalized spacial score (nSPS) is 10.5. The molecule has 90 valence electrons. The van der Waals surface area contributed by atoms with Gasteiger partial charge in [0.2, 0.25) is 0 Å². The average molecular weight is 296 g/mol. The number of ether oxygens (including phenoxy) is 1. The Bertz CT molecular complexity index is 510. The highest BCUT2D eigenvalue weighted by Gasteiger charge is 2.09. The molecule has 2 aromatic rings. The van der Waals surface area contributed by atoms with Crippen molar-refractivity contribution >= 4 is 15.9 Å². The van der Waals surface area contributed by atoms with Gasteiger partial charge in [0, 0.05) is 17.7 Å². The Kier molecular flexibility index (Phi) is 3.81. The third kappa shape index (κ3) is 2.50. The van der Waals surface area contributed by atoms with Crippen LogP contribution in [0.1, 0.15) is 5.69 Å². The Morgan fingerprint density at radius 2 is 2.29 bits per heavy atom. The smallest absolute Gasteiger partial charge is 0.133 e. The van der Waals surface area contributed by atoms with Gasteiger partial charge in [0.05, 0.1) is 23.6 Å². The number of methoxy groups -OCH3 is 1. The fraction of sp³-hybridized carbons (Fsp3) is 0.250. The lowest BCUT2D eigenvalue weighted by atomic mass is 10.1. The number of halogens is 1. The molecule has 0 bridgehead atoms. The zero-order valence-corrected chi connectivity index (χ0v) is 11.1. The maximum Gasteiger partial charge on any atom is 0.133 e. The van der Waals surface area contributed by atoms with Crippen LogP contribution in [0.15, 0.2) is 29.0 Å². The molecule has 4 nitrogen and oxygen atoms in total. The van der Waals surface area contributed by atoms with Crippen molar-refractivity contribution in [3.8, 4) is 17.0 Å². The van der Waals surface area contributed by atoms with Crippen LogP contribution in [-0.4, -0.2) is 23.6 Å². The summed E-state index contributed by atoms with van der Waals surface area (Å²) in [5.41, 5.74) is 8.61. The van der Waals surface area contributed by atoms with E-state index in [1.807, 2.05) is 18.2 Å². The molecular formula is C12H14BrN3O. The van der Waals surface area contributed by atoms with Crippen molar-refractivity contribution in [2.75, 3.05) is 13.7 Å². The molecule has 0 aliphatic carbocycles. The summed E-state index contributed by atoms with van der Waals surface area (Å²) in [4.78, 5) is 7.44. The summed E-state index contributed by atoms with van der Waals surface area (Å²) >= 11 is 3.47. The number of nitrogens with zero attached hydrogens (tertiary/aromatic N) is 1. The highest BCUT2D eigenvalue weighted by Crippen LogP contribution is 2.30. The molecule has 0 atom stereocenters. The van der Waals surface area contributed by atoms with Gasteiger partial charge in [0.25, 0.3) is 0 Å². The predicted molar refractivity (Wildman–Crippen MR) is 71.0 cm³/mol. The van der Waals surface area contributed by atoms with Crippen LogP contribution in [0.2, 0.25) is 0 Å². The molecule has 1 heterocycles. The lowest BCUT2D eigenvalue weighted by Crippen LogP contribution is -2.04. The van der Waals surface area contributed by atoms with Crippen LogP contribution in [0.3, 0.4) is 0 Å². The second-order valence-corrected chi connectivity index (χ2v) is 4.47. The summed E-state index contributed by atoms with van der Waals surface area (Å²) in [5.74, 6) is 0.810. The number of aromatic nitrogens is 2. The van der Waals surface area contributed by atoms with Crippen LogP contribution < -0.4 is 10.5 Å². The Morgan fingerprint density at radius 3 is 2.94 bits per heavy atom. The Morgan fingerprint density at radius 1 is 1.47 bits per heavy atom.